The highest BCUT2D eigenvalue weighted by Gasteiger charge is 2.42. The molecule has 0 bridgehead atoms. The molecule has 3 rings (SSSR count). The van der Waals surface area contributed by atoms with E-state index in [4.69, 9.17) is 16.0 Å². The molecule has 0 saturated heterocycles. The Morgan fingerprint density at radius 2 is 2.05 bits per heavy atom. The third kappa shape index (κ3) is 2.86. The highest BCUT2D eigenvalue weighted by Crippen LogP contribution is 2.39. The molecule has 0 amide bonds. The predicted octanol–water partition coefficient (Wildman–Crippen LogP) is 3.34. The summed E-state index contributed by atoms with van der Waals surface area (Å²) in [6.45, 7) is 0.640. The molecule has 2 aliphatic rings. The summed E-state index contributed by atoms with van der Waals surface area (Å²) in [5.41, 5.74) is 0. The van der Waals surface area contributed by atoms with Crippen molar-refractivity contribution in [2.75, 3.05) is 6.54 Å². The van der Waals surface area contributed by atoms with Gasteiger partial charge in [-0.2, -0.15) is 4.31 Å². The lowest BCUT2D eigenvalue weighted by atomic mass is 10.4. The monoisotopic (exact) mass is 367 g/mol. The molecule has 4 nitrogen and oxygen atoms in total. The fourth-order valence-corrected chi connectivity index (χ4v) is 4.98. The van der Waals surface area contributed by atoms with Crippen LogP contribution in [0.3, 0.4) is 0 Å². The third-order valence-corrected chi connectivity index (χ3v) is 6.55. The second kappa shape index (κ2) is 5.06. The van der Waals surface area contributed by atoms with Crippen LogP contribution in [0, 0.1) is 5.92 Å². The van der Waals surface area contributed by atoms with Crippen molar-refractivity contribution < 1.29 is 12.8 Å². The Morgan fingerprint density at radius 1 is 1.37 bits per heavy atom. The molecule has 0 N–H and O–H groups in total. The lowest BCUT2D eigenvalue weighted by Crippen LogP contribution is -2.34. The van der Waals surface area contributed by atoms with Crippen LogP contribution < -0.4 is 0 Å². The molecule has 0 atom stereocenters. The van der Waals surface area contributed by atoms with E-state index in [0.717, 1.165) is 25.7 Å². The quantitative estimate of drug-likeness (QED) is 0.724. The van der Waals surface area contributed by atoms with Crippen molar-refractivity contribution in [2.24, 2.45) is 5.92 Å². The summed E-state index contributed by atoms with van der Waals surface area (Å²) < 4.78 is 32.6. The first-order chi connectivity index (χ1) is 9.02. The average Bonchev–Trinajstić information content (AvgIpc) is 3.24. The van der Waals surface area contributed by atoms with Crippen LogP contribution in [0.15, 0.2) is 20.0 Å². The maximum Gasteiger partial charge on any atom is 0.247 e. The average molecular weight is 369 g/mol. The normalized spacial score (nSPS) is 20.2. The Morgan fingerprint density at radius 3 is 2.53 bits per heavy atom. The standard InChI is InChI=1S/C12H15BrClNO3S/c13-12-11(5-10(6-14)18-12)19(16,17)15(9-3-4-9)7-8-1-2-8/h5,8-9H,1-4,6-7H2. The van der Waals surface area contributed by atoms with Gasteiger partial charge < -0.3 is 4.42 Å². The van der Waals surface area contributed by atoms with Crippen LogP contribution in [0.4, 0.5) is 0 Å². The lowest BCUT2D eigenvalue weighted by Gasteiger charge is -2.20. The minimum Gasteiger partial charge on any atom is -0.452 e. The Labute approximate surface area is 126 Å². The molecular formula is C12H15BrClNO3S. The topological polar surface area (TPSA) is 50.5 Å². The van der Waals surface area contributed by atoms with Gasteiger partial charge in [-0.25, -0.2) is 8.42 Å². The molecule has 0 aliphatic heterocycles. The molecule has 1 aromatic heterocycles. The molecule has 0 spiro atoms. The summed E-state index contributed by atoms with van der Waals surface area (Å²) in [5, 5.41) is 0. The number of sulfonamides is 1. The second-order valence-corrected chi connectivity index (χ2v) is 8.08. The van der Waals surface area contributed by atoms with Crippen molar-refractivity contribution >= 4 is 37.6 Å². The Bertz CT molecular complexity index is 578. The maximum absolute atomic E-state index is 12.7. The van der Waals surface area contributed by atoms with Crippen LogP contribution >= 0.6 is 27.5 Å². The second-order valence-electron chi connectivity index (χ2n) is 5.23. The Balaban J connectivity index is 1.91. The predicted molar refractivity (Wildman–Crippen MR) is 75.6 cm³/mol. The van der Waals surface area contributed by atoms with E-state index >= 15 is 0 Å². The molecule has 7 heteroatoms. The van der Waals surface area contributed by atoms with Gasteiger partial charge in [0.15, 0.2) is 4.67 Å². The largest absolute Gasteiger partial charge is 0.452 e. The van der Waals surface area contributed by atoms with Gasteiger partial charge in [0.25, 0.3) is 0 Å². The van der Waals surface area contributed by atoms with Crippen LogP contribution in [-0.4, -0.2) is 25.3 Å². The van der Waals surface area contributed by atoms with E-state index < -0.39 is 10.0 Å². The Hall–Kier alpha value is -0.0400. The number of nitrogens with zero attached hydrogens (tertiary/aromatic N) is 1. The van der Waals surface area contributed by atoms with Gasteiger partial charge in [0, 0.05) is 18.7 Å². The molecule has 0 unspecified atom stereocenters. The highest BCUT2D eigenvalue weighted by atomic mass is 79.9. The number of hydrogen-bond acceptors (Lipinski definition) is 3. The van der Waals surface area contributed by atoms with E-state index in [-0.39, 0.29) is 21.5 Å². The molecule has 106 valence electrons. The fraction of sp³-hybridized carbons (Fsp3) is 0.667. The van der Waals surface area contributed by atoms with Crippen molar-refractivity contribution in [3.63, 3.8) is 0 Å². The smallest absolute Gasteiger partial charge is 0.247 e. The van der Waals surface area contributed by atoms with E-state index in [0.29, 0.717) is 18.2 Å². The third-order valence-electron chi connectivity index (χ3n) is 3.51. The van der Waals surface area contributed by atoms with Crippen LogP contribution in [0.1, 0.15) is 31.4 Å². The summed E-state index contributed by atoms with van der Waals surface area (Å²) >= 11 is 8.87. The first-order valence-electron chi connectivity index (χ1n) is 6.38. The molecular weight excluding hydrogens is 354 g/mol. The number of furan rings is 1. The number of halogens is 2. The van der Waals surface area contributed by atoms with Gasteiger partial charge in [-0.1, -0.05) is 0 Å². The summed E-state index contributed by atoms with van der Waals surface area (Å²) in [6.07, 6.45) is 4.20. The zero-order valence-corrected chi connectivity index (χ0v) is 13.5. The van der Waals surface area contributed by atoms with Crippen molar-refractivity contribution in [3.8, 4) is 0 Å². The van der Waals surface area contributed by atoms with E-state index in [2.05, 4.69) is 15.9 Å². The van der Waals surface area contributed by atoms with Crippen molar-refractivity contribution in [2.45, 2.75) is 42.5 Å². The van der Waals surface area contributed by atoms with Crippen LogP contribution in [0.5, 0.6) is 0 Å². The molecule has 1 heterocycles. The van der Waals surface area contributed by atoms with Crippen LogP contribution in [0.2, 0.25) is 0 Å². The van der Waals surface area contributed by atoms with E-state index in [1.807, 2.05) is 0 Å². The molecule has 2 fully saturated rings. The van der Waals surface area contributed by atoms with Crippen molar-refractivity contribution in [1.82, 2.24) is 4.31 Å². The first kappa shape index (κ1) is 13.9. The van der Waals surface area contributed by atoms with Gasteiger partial charge in [0.2, 0.25) is 10.0 Å². The Kier molecular flexibility index (Phi) is 3.71. The lowest BCUT2D eigenvalue weighted by molar-refractivity contribution is 0.387. The molecule has 1 aromatic rings. The molecule has 19 heavy (non-hydrogen) atoms. The number of rotatable bonds is 6. The van der Waals surface area contributed by atoms with E-state index in [9.17, 15) is 8.42 Å². The number of hydrogen-bond donors (Lipinski definition) is 0. The van der Waals surface area contributed by atoms with Gasteiger partial charge in [0.1, 0.15) is 10.7 Å². The number of alkyl halides is 1. The van der Waals surface area contributed by atoms with Crippen LogP contribution in [-0.2, 0) is 15.9 Å². The van der Waals surface area contributed by atoms with Gasteiger partial charge in [-0.3, -0.25) is 0 Å². The van der Waals surface area contributed by atoms with Gasteiger partial charge in [0.05, 0.1) is 5.88 Å². The van der Waals surface area contributed by atoms with Crippen molar-refractivity contribution in [3.05, 3.63) is 16.5 Å². The minimum atomic E-state index is -3.48. The summed E-state index contributed by atoms with van der Waals surface area (Å²) in [5.74, 6) is 1.17. The van der Waals surface area contributed by atoms with Gasteiger partial charge in [-0.05, 0) is 47.5 Å². The van der Waals surface area contributed by atoms with Gasteiger partial charge >= 0.3 is 0 Å². The van der Waals surface area contributed by atoms with Crippen LogP contribution in [0.25, 0.3) is 0 Å². The summed E-state index contributed by atoms with van der Waals surface area (Å²) in [6, 6.07) is 1.70. The SMILES string of the molecule is O=S(=O)(c1cc(CCl)oc1Br)N(CC1CC1)C1CC1. The zero-order chi connectivity index (χ0) is 13.6. The first-order valence-corrected chi connectivity index (χ1v) is 9.15. The zero-order valence-electron chi connectivity index (χ0n) is 10.3. The minimum absolute atomic E-state index is 0.167. The molecule has 0 aromatic carbocycles. The molecule has 0 radical (unpaired) electrons. The van der Waals surface area contributed by atoms with E-state index in [1.165, 1.54) is 6.07 Å². The van der Waals surface area contributed by atoms with Gasteiger partial charge in [-0.15, -0.1) is 11.6 Å². The highest BCUT2D eigenvalue weighted by molar-refractivity contribution is 9.10. The summed E-state index contributed by atoms with van der Waals surface area (Å²) in [4.78, 5) is 0.204. The summed E-state index contributed by atoms with van der Waals surface area (Å²) in [7, 11) is -3.48. The van der Waals surface area contributed by atoms with Crippen molar-refractivity contribution in [1.29, 1.82) is 0 Å². The fourth-order valence-electron chi connectivity index (χ4n) is 2.13. The van der Waals surface area contributed by atoms with E-state index in [1.54, 1.807) is 4.31 Å². The molecule has 2 aliphatic carbocycles. The maximum atomic E-state index is 12.7. The molecule has 2 saturated carbocycles.